The molecule has 31 heavy (non-hydrogen) atoms. The summed E-state index contributed by atoms with van der Waals surface area (Å²) in [5, 5.41) is 0.524. The third-order valence-corrected chi connectivity index (χ3v) is 9.02. The van der Waals surface area contributed by atoms with Crippen LogP contribution in [0.5, 0.6) is 0 Å². The molecule has 0 N–H and O–H groups in total. The van der Waals surface area contributed by atoms with Gasteiger partial charge in [-0.1, -0.05) is 13.8 Å². The van der Waals surface area contributed by atoms with E-state index in [2.05, 4.69) is 37.6 Å². The predicted molar refractivity (Wildman–Crippen MR) is 123 cm³/mol. The van der Waals surface area contributed by atoms with Crippen LogP contribution in [0.4, 0.5) is 8.78 Å². The van der Waals surface area contributed by atoms with Gasteiger partial charge in [0.1, 0.15) is 0 Å². The largest absolute Gasteiger partial charge is 0.378 e. The van der Waals surface area contributed by atoms with E-state index in [1.807, 2.05) is 0 Å². The maximum atomic E-state index is 14.4. The van der Waals surface area contributed by atoms with E-state index < -0.39 is 5.92 Å². The molecule has 4 rings (SSSR count). The Morgan fingerprint density at radius 3 is 2.42 bits per heavy atom. The number of likely N-dealkylation sites (tertiary alicyclic amines) is 2. The molecule has 0 aromatic rings. The topological polar surface area (TPSA) is 24.9 Å². The van der Waals surface area contributed by atoms with Crippen LogP contribution in [-0.2, 0) is 9.47 Å². The van der Waals surface area contributed by atoms with E-state index >= 15 is 0 Å². The molecule has 180 valence electrons. The van der Waals surface area contributed by atoms with Gasteiger partial charge in [-0.2, -0.15) is 0 Å². The normalized spacial score (nSPS) is 32.6. The Labute approximate surface area is 191 Å². The highest BCUT2D eigenvalue weighted by atomic mass is 32.2. The number of ether oxygens (including phenoxy) is 2. The molecule has 3 atom stereocenters. The molecule has 0 spiro atoms. The Morgan fingerprint density at radius 1 is 1.10 bits per heavy atom. The predicted octanol–water partition coefficient (Wildman–Crippen LogP) is 5.01. The number of rotatable bonds is 12. The molecule has 2 aliphatic heterocycles. The Hall–Kier alpha value is 0.0500. The van der Waals surface area contributed by atoms with Crippen molar-refractivity contribution in [1.82, 2.24) is 9.80 Å². The second-order valence-electron chi connectivity index (χ2n) is 11.1. The van der Waals surface area contributed by atoms with Crippen molar-refractivity contribution in [3.8, 4) is 0 Å². The average molecular weight is 461 g/mol. The van der Waals surface area contributed by atoms with Crippen molar-refractivity contribution in [2.75, 3.05) is 39.3 Å². The SMILES string of the molecule is CC(CC1CC(F)(F)CN1C1(COCSC(C)C)CC1)OCC1(C2CCCN2C)CC1. The number of thioether (sulfide) groups is 1. The summed E-state index contributed by atoms with van der Waals surface area (Å²) in [5.41, 5.74) is 0.143. The minimum Gasteiger partial charge on any atom is -0.378 e. The van der Waals surface area contributed by atoms with Gasteiger partial charge in [0, 0.05) is 34.7 Å². The van der Waals surface area contributed by atoms with Gasteiger partial charge in [-0.3, -0.25) is 4.90 Å². The molecule has 2 heterocycles. The van der Waals surface area contributed by atoms with E-state index in [1.165, 1.54) is 32.2 Å². The monoisotopic (exact) mass is 460 g/mol. The minimum absolute atomic E-state index is 0.0128. The zero-order chi connectivity index (χ0) is 22.3. The van der Waals surface area contributed by atoms with Gasteiger partial charge in [0.2, 0.25) is 0 Å². The maximum absolute atomic E-state index is 14.4. The Morgan fingerprint density at radius 2 is 1.84 bits per heavy atom. The fourth-order valence-electron chi connectivity index (χ4n) is 5.92. The summed E-state index contributed by atoms with van der Waals surface area (Å²) in [6.07, 6.45) is 7.65. The molecule has 2 saturated heterocycles. The summed E-state index contributed by atoms with van der Waals surface area (Å²) >= 11 is 1.77. The highest BCUT2D eigenvalue weighted by molar-refractivity contribution is 7.99. The molecule has 0 amide bonds. The van der Waals surface area contributed by atoms with Crippen LogP contribution in [0.25, 0.3) is 0 Å². The third-order valence-electron chi connectivity index (χ3n) is 8.05. The maximum Gasteiger partial charge on any atom is 0.262 e. The van der Waals surface area contributed by atoms with Crippen molar-refractivity contribution in [3.63, 3.8) is 0 Å². The quantitative estimate of drug-likeness (QED) is 0.301. The van der Waals surface area contributed by atoms with Gasteiger partial charge >= 0.3 is 0 Å². The van der Waals surface area contributed by atoms with Gasteiger partial charge in [0.15, 0.2) is 0 Å². The third kappa shape index (κ3) is 5.76. The standard InChI is InChI=1S/C24H42F2N2O2S/c1-18(2)31-17-29-16-23(9-10-23)28-14-24(25,26)13-20(28)12-19(3)30-15-22(7-8-22)21-6-5-11-27(21)4/h18-21H,5-17H2,1-4H3. The zero-order valence-corrected chi connectivity index (χ0v) is 20.7. The summed E-state index contributed by atoms with van der Waals surface area (Å²) in [5.74, 6) is -1.96. The lowest BCUT2D eigenvalue weighted by Crippen LogP contribution is -2.46. The lowest BCUT2D eigenvalue weighted by atomic mass is 9.95. The van der Waals surface area contributed by atoms with Crippen molar-refractivity contribution in [3.05, 3.63) is 0 Å². The smallest absolute Gasteiger partial charge is 0.262 e. The number of alkyl halides is 2. The molecule has 0 radical (unpaired) electrons. The molecule has 4 aliphatic rings. The van der Waals surface area contributed by atoms with Crippen LogP contribution >= 0.6 is 11.8 Å². The molecule has 2 saturated carbocycles. The Bertz CT molecular complexity index is 612. The fourth-order valence-corrected chi connectivity index (χ4v) is 6.37. The molecule has 0 aromatic heterocycles. The van der Waals surface area contributed by atoms with Gasteiger partial charge in [0.25, 0.3) is 5.92 Å². The molecule has 7 heteroatoms. The van der Waals surface area contributed by atoms with E-state index in [0.717, 1.165) is 19.4 Å². The van der Waals surface area contributed by atoms with Crippen molar-refractivity contribution in [2.24, 2.45) is 5.41 Å². The summed E-state index contributed by atoms with van der Waals surface area (Å²) in [4.78, 5) is 4.58. The van der Waals surface area contributed by atoms with Gasteiger partial charge in [0.05, 0.1) is 31.8 Å². The molecular formula is C24H42F2N2O2S. The number of hydrogen-bond donors (Lipinski definition) is 0. The van der Waals surface area contributed by atoms with Gasteiger partial charge in [-0.05, 0) is 65.5 Å². The number of nitrogens with zero attached hydrogens (tertiary/aromatic N) is 2. The molecule has 0 aromatic carbocycles. The van der Waals surface area contributed by atoms with Crippen LogP contribution in [-0.4, -0.2) is 84.0 Å². The molecule has 3 unspecified atom stereocenters. The Balaban J connectivity index is 1.29. The van der Waals surface area contributed by atoms with Gasteiger partial charge < -0.3 is 14.4 Å². The summed E-state index contributed by atoms with van der Waals surface area (Å²) in [6, 6.07) is 0.528. The number of halogens is 2. The summed E-state index contributed by atoms with van der Waals surface area (Å²) in [7, 11) is 2.23. The highest BCUT2D eigenvalue weighted by Gasteiger charge is 2.58. The van der Waals surface area contributed by atoms with Crippen molar-refractivity contribution < 1.29 is 18.3 Å². The average Bonchev–Trinajstić information content (AvgIpc) is 3.59. The number of hydrogen-bond acceptors (Lipinski definition) is 5. The molecule has 2 aliphatic carbocycles. The molecular weight excluding hydrogens is 418 g/mol. The lowest BCUT2D eigenvalue weighted by Gasteiger charge is -2.35. The van der Waals surface area contributed by atoms with Gasteiger partial charge in [-0.25, -0.2) is 8.78 Å². The summed E-state index contributed by atoms with van der Waals surface area (Å²) in [6.45, 7) is 8.80. The first-order chi connectivity index (χ1) is 14.6. The van der Waals surface area contributed by atoms with Crippen molar-refractivity contribution in [1.29, 1.82) is 0 Å². The van der Waals surface area contributed by atoms with Crippen LogP contribution in [0.15, 0.2) is 0 Å². The lowest BCUT2D eigenvalue weighted by molar-refractivity contribution is -0.0149. The fraction of sp³-hybridized carbons (Fsp3) is 1.00. The second kappa shape index (κ2) is 9.36. The first-order valence-corrected chi connectivity index (χ1v) is 13.4. The highest BCUT2D eigenvalue weighted by Crippen LogP contribution is 2.54. The van der Waals surface area contributed by atoms with E-state index in [4.69, 9.17) is 9.47 Å². The van der Waals surface area contributed by atoms with E-state index in [0.29, 0.717) is 35.7 Å². The van der Waals surface area contributed by atoms with Gasteiger partial charge in [-0.15, -0.1) is 11.8 Å². The summed E-state index contributed by atoms with van der Waals surface area (Å²) < 4.78 is 41.1. The van der Waals surface area contributed by atoms with Crippen LogP contribution in [0.2, 0.25) is 0 Å². The van der Waals surface area contributed by atoms with Crippen molar-refractivity contribution in [2.45, 2.75) is 107 Å². The molecule has 4 nitrogen and oxygen atoms in total. The second-order valence-corrected chi connectivity index (χ2v) is 12.6. The molecule has 0 bridgehead atoms. The van der Waals surface area contributed by atoms with Crippen LogP contribution in [0, 0.1) is 5.41 Å². The minimum atomic E-state index is -2.60. The van der Waals surface area contributed by atoms with Crippen LogP contribution < -0.4 is 0 Å². The van der Waals surface area contributed by atoms with E-state index in [-0.39, 0.29) is 30.7 Å². The Kier molecular flexibility index (Phi) is 7.30. The first kappa shape index (κ1) is 24.2. The zero-order valence-electron chi connectivity index (χ0n) is 19.9. The van der Waals surface area contributed by atoms with Crippen LogP contribution in [0.1, 0.15) is 72.1 Å². The van der Waals surface area contributed by atoms with Crippen molar-refractivity contribution >= 4 is 11.8 Å². The van der Waals surface area contributed by atoms with E-state index in [9.17, 15) is 8.78 Å². The van der Waals surface area contributed by atoms with E-state index in [1.54, 1.807) is 11.8 Å². The first-order valence-electron chi connectivity index (χ1n) is 12.3. The van der Waals surface area contributed by atoms with Crippen LogP contribution in [0.3, 0.4) is 0 Å². The molecule has 4 fully saturated rings.